The van der Waals surface area contributed by atoms with Crippen LogP contribution in [0.4, 0.5) is 0 Å². The molecule has 0 unspecified atom stereocenters. The zero-order valence-corrected chi connectivity index (χ0v) is 13.3. The van der Waals surface area contributed by atoms with Gasteiger partial charge in [0.15, 0.2) is 5.58 Å². The van der Waals surface area contributed by atoms with Crippen LogP contribution in [0.5, 0.6) is 0 Å². The summed E-state index contributed by atoms with van der Waals surface area (Å²) in [6, 6.07) is 7.71. The number of benzene rings is 1. The number of nitrogens with zero attached hydrogens (tertiary/aromatic N) is 2. The van der Waals surface area contributed by atoms with Crippen LogP contribution in [0.25, 0.3) is 11.0 Å². The van der Waals surface area contributed by atoms with Crippen LogP contribution in [-0.4, -0.2) is 42.3 Å². The highest BCUT2D eigenvalue weighted by Gasteiger charge is 2.38. The minimum absolute atomic E-state index is 0.162. The highest BCUT2D eigenvalue weighted by Crippen LogP contribution is 2.39. The van der Waals surface area contributed by atoms with Crippen molar-refractivity contribution in [3.8, 4) is 0 Å². The first-order chi connectivity index (χ1) is 11.3. The molecule has 5 heteroatoms. The third-order valence-electron chi connectivity index (χ3n) is 5.34. The van der Waals surface area contributed by atoms with E-state index < -0.39 is 0 Å². The van der Waals surface area contributed by atoms with E-state index in [-0.39, 0.29) is 11.3 Å². The van der Waals surface area contributed by atoms with Crippen LogP contribution in [0.3, 0.4) is 0 Å². The summed E-state index contributed by atoms with van der Waals surface area (Å²) in [6.07, 6.45) is 4.77. The largest absolute Gasteiger partial charge is 0.381 e. The van der Waals surface area contributed by atoms with Gasteiger partial charge in [0, 0.05) is 31.7 Å². The molecule has 2 saturated heterocycles. The first-order valence-corrected chi connectivity index (χ1v) is 8.45. The fourth-order valence-corrected chi connectivity index (χ4v) is 3.95. The molecule has 0 atom stereocenters. The number of para-hydroxylation sites is 1. The molecule has 2 fully saturated rings. The van der Waals surface area contributed by atoms with Gasteiger partial charge >= 0.3 is 0 Å². The van der Waals surface area contributed by atoms with Gasteiger partial charge in [-0.2, -0.15) is 0 Å². The van der Waals surface area contributed by atoms with Gasteiger partial charge in [0.1, 0.15) is 5.69 Å². The molecule has 0 N–H and O–H groups in total. The summed E-state index contributed by atoms with van der Waals surface area (Å²) >= 11 is 0. The SMILES string of the molecule is O=C(Cc1noc2ccccc12)N1CCCC2(CCOCC2)C1. The molecule has 2 aliphatic heterocycles. The van der Waals surface area contributed by atoms with Gasteiger partial charge in [0.25, 0.3) is 0 Å². The van der Waals surface area contributed by atoms with Crippen molar-refractivity contribution in [2.24, 2.45) is 5.41 Å². The number of hydrogen-bond acceptors (Lipinski definition) is 4. The maximum Gasteiger partial charge on any atom is 0.228 e. The Morgan fingerprint density at radius 3 is 2.91 bits per heavy atom. The van der Waals surface area contributed by atoms with Gasteiger partial charge in [-0.25, -0.2) is 0 Å². The van der Waals surface area contributed by atoms with Gasteiger partial charge < -0.3 is 14.2 Å². The number of amides is 1. The fourth-order valence-electron chi connectivity index (χ4n) is 3.95. The van der Waals surface area contributed by atoms with Crippen LogP contribution in [0.2, 0.25) is 0 Å². The number of likely N-dealkylation sites (tertiary alicyclic amines) is 1. The molecule has 0 bridgehead atoms. The Labute approximate surface area is 135 Å². The van der Waals surface area contributed by atoms with E-state index in [1.165, 1.54) is 6.42 Å². The number of piperidine rings is 1. The van der Waals surface area contributed by atoms with Crippen LogP contribution >= 0.6 is 0 Å². The molecule has 2 aromatic rings. The Morgan fingerprint density at radius 2 is 2.04 bits per heavy atom. The monoisotopic (exact) mass is 314 g/mol. The first kappa shape index (κ1) is 14.7. The van der Waals surface area contributed by atoms with Crippen LogP contribution < -0.4 is 0 Å². The molecule has 3 heterocycles. The van der Waals surface area contributed by atoms with Crippen molar-refractivity contribution in [3.05, 3.63) is 30.0 Å². The van der Waals surface area contributed by atoms with E-state index in [2.05, 4.69) is 5.16 Å². The zero-order valence-electron chi connectivity index (χ0n) is 13.3. The second kappa shape index (κ2) is 5.96. The Kier molecular flexibility index (Phi) is 3.81. The van der Waals surface area contributed by atoms with Crippen molar-refractivity contribution in [3.63, 3.8) is 0 Å². The van der Waals surface area contributed by atoms with Crippen molar-refractivity contribution in [2.45, 2.75) is 32.1 Å². The highest BCUT2D eigenvalue weighted by molar-refractivity contribution is 5.86. The number of hydrogen-bond donors (Lipinski definition) is 0. The number of ether oxygens (including phenoxy) is 1. The lowest BCUT2D eigenvalue weighted by atomic mass is 9.74. The molecular formula is C18H22N2O3. The maximum absolute atomic E-state index is 12.7. The molecule has 122 valence electrons. The number of aromatic nitrogens is 1. The molecule has 5 nitrogen and oxygen atoms in total. The lowest BCUT2D eigenvalue weighted by molar-refractivity contribution is -0.136. The molecule has 23 heavy (non-hydrogen) atoms. The molecule has 1 aromatic heterocycles. The van der Waals surface area contributed by atoms with E-state index in [4.69, 9.17) is 9.26 Å². The summed E-state index contributed by atoms with van der Waals surface area (Å²) in [5.41, 5.74) is 1.77. The molecule has 1 amide bonds. The summed E-state index contributed by atoms with van der Waals surface area (Å²) in [6.45, 7) is 3.38. The Balaban J connectivity index is 1.48. The molecule has 1 aromatic carbocycles. The fraction of sp³-hybridized carbons (Fsp3) is 0.556. The van der Waals surface area contributed by atoms with Crippen molar-refractivity contribution < 1.29 is 14.1 Å². The highest BCUT2D eigenvalue weighted by atomic mass is 16.5. The van der Waals surface area contributed by atoms with Gasteiger partial charge in [-0.1, -0.05) is 17.3 Å². The second-order valence-electron chi connectivity index (χ2n) is 6.83. The van der Waals surface area contributed by atoms with E-state index in [9.17, 15) is 4.79 Å². The van der Waals surface area contributed by atoms with E-state index in [1.54, 1.807) is 0 Å². The summed E-state index contributed by atoms with van der Waals surface area (Å²) in [4.78, 5) is 14.8. The standard InChI is InChI=1S/C18H22N2O3/c21-17(12-15-14-4-1-2-5-16(14)23-19-15)20-9-3-6-18(13-20)7-10-22-11-8-18/h1-2,4-5H,3,6-13H2. The number of rotatable bonds is 2. The van der Waals surface area contributed by atoms with E-state index in [0.717, 1.165) is 62.2 Å². The number of carbonyl (C=O) groups is 1. The van der Waals surface area contributed by atoms with Crippen LogP contribution in [0.15, 0.2) is 28.8 Å². The third kappa shape index (κ3) is 2.85. The molecular weight excluding hydrogens is 292 g/mol. The van der Waals surface area contributed by atoms with Crippen molar-refractivity contribution in [1.82, 2.24) is 10.1 Å². The topological polar surface area (TPSA) is 55.6 Å². The summed E-state index contributed by atoms with van der Waals surface area (Å²) in [5, 5.41) is 5.03. The first-order valence-electron chi connectivity index (χ1n) is 8.45. The number of fused-ring (bicyclic) bond motifs is 1. The minimum atomic E-state index is 0.162. The van der Waals surface area contributed by atoms with Crippen molar-refractivity contribution in [2.75, 3.05) is 26.3 Å². The van der Waals surface area contributed by atoms with E-state index in [1.807, 2.05) is 29.2 Å². The summed E-state index contributed by atoms with van der Waals surface area (Å²) in [5.74, 6) is 0.162. The zero-order chi connectivity index (χ0) is 15.7. The molecule has 4 rings (SSSR count). The average Bonchev–Trinajstić information content (AvgIpc) is 2.99. The van der Waals surface area contributed by atoms with Crippen molar-refractivity contribution >= 4 is 16.9 Å². The smallest absolute Gasteiger partial charge is 0.228 e. The predicted octanol–water partition coefficient (Wildman–Crippen LogP) is 2.79. The minimum Gasteiger partial charge on any atom is -0.381 e. The molecule has 2 aliphatic rings. The van der Waals surface area contributed by atoms with Gasteiger partial charge in [-0.3, -0.25) is 4.79 Å². The molecule has 0 saturated carbocycles. The summed E-state index contributed by atoms with van der Waals surface area (Å²) in [7, 11) is 0. The summed E-state index contributed by atoms with van der Waals surface area (Å²) < 4.78 is 10.8. The lowest BCUT2D eigenvalue weighted by Crippen LogP contribution is -2.48. The third-order valence-corrected chi connectivity index (χ3v) is 5.34. The Hall–Kier alpha value is -1.88. The Bertz CT molecular complexity index is 698. The van der Waals surface area contributed by atoms with E-state index in [0.29, 0.717) is 6.42 Å². The van der Waals surface area contributed by atoms with Crippen molar-refractivity contribution in [1.29, 1.82) is 0 Å². The van der Waals surface area contributed by atoms with E-state index >= 15 is 0 Å². The van der Waals surface area contributed by atoms with Crippen LogP contribution in [-0.2, 0) is 16.0 Å². The molecule has 1 spiro atoms. The average molecular weight is 314 g/mol. The molecule has 0 aliphatic carbocycles. The number of carbonyl (C=O) groups excluding carboxylic acids is 1. The normalized spacial score (nSPS) is 21.0. The molecule has 0 radical (unpaired) electrons. The van der Waals surface area contributed by atoms with Crippen LogP contribution in [0.1, 0.15) is 31.4 Å². The van der Waals surface area contributed by atoms with Gasteiger partial charge in [0.2, 0.25) is 5.91 Å². The second-order valence-corrected chi connectivity index (χ2v) is 6.83. The quantitative estimate of drug-likeness (QED) is 0.855. The maximum atomic E-state index is 12.7. The van der Waals surface area contributed by atoms with Crippen LogP contribution in [0, 0.1) is 5.41 Å². The van der Waals surface area contributed by atoms with Gasteiger partial charge in [0.05, 0.1) is 6.42 Å². The van der Waals surface area contributed by atoms with Gasteiger partial charge in [-0.05, 0) is 43.2 Å². The van der Waals surface area contributed by atoms with Gasteiger partial charge in [-0.15, -0.1) is 0 Å². The Morgan fingerprint density at radius 1 is 1.22 bits per heavy atom. The lowest BCUT2D eigenvalue weighted by Gasteiger charge is -2.45. The predicted molar refractivity (Wildman–Crippen MR) is 86.0 cm³/mol.